The highest BCUT2D eigenvalue weighted by molar-refractivity contribution is 7.80. The van der Waals surface area contributed by atoms with Gasteiger partial charge < -0.3 is 9.88 Å². The highest BCUT2D eigenvalue weighted by Gasteiger charge is 2.06. The number of hydrogen-bond donors (Lipinski definition) is 2. The van der Waals surface area contributed by atoms with Gasteiger partial charge in [0, 0.05) is 29.9 Å². The molecule has 1 N–H and O–H groups in total. The molecule has 1 heterocycles. The van der Waals surface area contributed by atoms with Crippen molar-refractivity contribution in [3.63, 3.8) is 0 Å². The van der Waals surface area contributed by atoms with E-state index >= 15 is 0 Å². The van der Waals surface area contributed by atoms with Crippen molar-refractivity contribution in [3.8, 4) is 0 Å². The lowest BCUT2D eigenvalue weighted by Gasteiger charge is -2.05. The van der Waals surface area contributed by atoms with Crippen molar-refractivity contribution in [2.24, 2.45) is 7.05 Å². The molecule has 0 atom stereocenters. The first-order chi connectivity index (χ1) is 8.16. The quantitative estimate of drug-likeness (QED) is 0.810. The molecule has 0 saturated heterocycles. The second-order valence-electron chi connectivity index (χ2n) is 3.68. The van der Waals surface area contributed by atoms with Gasteiger partial charge in [-0.3, -0.25) is 4.79 Å². The van der Waals surface area contributed by atoms with Crippen LogP contribution in [-0.2, 0) is 13.6 Å². The molecule has 1 aromatic heterocycles. The van der Waals surface area contributed by atoms with E-state index < -0.39 is 0 Å². The number of aryl methyl sites for hydroxylation is 1. The summed E-state index contributed by atoms with van der Waals surface area (Å²) in [7, 11) is 1.89. The van der Waals surface area contributed by atoms with Crippen LogP contribution in [0.25, 0.3) is 0 Å². The molecule has 4 nitrogen and oxygen atoms in total. The summed E-state index contributed by atoms with van der Waals surface area (Å²) in [5, 5.41) is 2.81. The Hall–Kier alpha value is -1.75. The zero-order chi connectivity index (χ0) is 12.3. The maximum Gasteiger partial charge on any atom is 0.251 e. The van der Waals surface area contributed by atoms with Gasteiger partial charge in [-0.2, -0.15) is 0 Å². The molecule has 0 bridgehead atoms. The fraction of sp³-hybridized carbons (Fsp3) is 0.167. The van der Waals surface area contributed by atoms with Crippen LogP contribution in [0.3, 0.4) is 0 Å². The van der Waals surface area contributed by atoms with Crippen molar-refractivity contribution in [3.05, 3.63) is 48.0 Å². The first kappa shape index (κ1) is 11.7. The molecular formula is C12H13N3OS. The van der Waals surface area contributed by atoms with Crippen LogP contribution in [0, 0.1) is 0 Å². The summed E-state index contributed by atoms with van der Waals surface area (Å²) >= 11 is 4.17. The van der Waals surface area contributed by atoms with Crippen molar-refractivity contribution in [1.29, 1.82) is 0 Å². The Kier molecular flexibility index (Phi) is 3.49. The third kappa shape index (κ3) is 2.88. The van der Waals surface area contributed by atoms with E-state index in [1.54, 1.807) is 30.5 Å². The molecule has 0 fully saturated rings. The van der Waals surface area contributed by atoms with E-state index in [-0.39, 0.29) is 5.91 Å². The van der Waals surface area contributed by atoms with Crippen molar-refractivity contribution in [2.45, 2.75) is 11.4 Å². The number of nitrogens with one attached hydrogen (secondary N) is 1. The number of amides is 1. The third-order valence-electron chi connectivity index (χ3n) is 2.46. The monoisotopic (exact) mass is 247 g/mol. The lowest BCUT2D eigenvalue weighted by molar-refractivity contribution is 0.0949. The number of thiol groups is 1. The van der Waals surface area contributed by atoms with Crippen LogP contribution in [0.2, 0.25) is 0 Å². The molecule has 0 unspecified atom stereocenters. The number of hydrogen-bond acceptors (Lipinski definition) is 3. The highest BCUT2D eigenvalue weighted by atomic mass is 32.1. The van der Waals surface area contributed by atoms with Gasteiger partial charge in [0.15, 0.2) is 0 Å². The van der Waals surface area contributed by atoms with Crippen LogP contribution in [-0.4, -0.2) is 15.5 Å². The lowest BCUT2D eigenvalue weighted by Crippen LogP contribution is -2.24. The molecule has 0 aliphatic rings. The van der Waals surface area contributed by atoms with Gasteiger partial charge in [-0.1, -0.05) is 0 Å². The zero-order valence-electron chi connectivity index (χ0n) is 9.42. The smallest absolute Gasteiger partial charge is 0.251 e. The average Bonchev–Trinajstić information content (AvgIpc) is 2.73. The number of rotatable bonds is 3. The Balaban J connectivity index is 1.98. The van der Waals surface area contributed by atoms with Crippen molar-refractivity contribution >= 4 is 18.5 Å². The second kappa shape index (κ2) is 5.05. The van der Waals surface area contributed by atoms with Gasteiger partial charge in [-0.05, 0) is 24.3 Å². The molecule has 0 radical (unpaired) electrons. The molecule has 5 heteroatoms. The van der Waals surface area contributed by atoms with E-state index in [9.17, 15) is 4.79 Å². The molecule has 0 spiro atoms. The maximum absolute atomic E-state index is 11.8. The Bertz CT molecular complexity index is 519. The van der Waals surface area contributed by atoms with E-state index in [2.05, 4.69) is 22.9 Å². The Morgan fingerprint density at radius 2 is 2.12 bits per heavy atom. The number of benzene rings is 1. The summed E-state index contributed by atoms with van der Waals surface area (Å²) in [5.74, 6) is 0.713. The van der Waals surface area contributed by atoms with Crippen LogP contribution in [0.15, 0.2) is 41.6 Å². The summed E-state index contributed by atoms with van der Waals surface area (Å²) < 4.78 is 1.87. The van der Waals surface area contributed by atoms with Crippen LogP contribution in [0.4, 0.5) is 0 Å². The average molecular weight is 247 g/mol. The molecule has 17 heavy (non-hydrogen) atoms. The molecule has 88 valence electrons. The largest absolute Gasteiger partial charge is 0.345 e. The minimum atomic E-state index is -0.110. The SMILES string of the molecule is Cn1ccnc1CNC(=O)c1ccc(S)cc1. The van der Waals surface area contributed by atoms with Crippen LogP contribution < -0.4 is 5.32 Å². The zero-order valence-corrected chi connectivity index (χ0v) is 10.3. The van der Waals surface area contributed by atoms with E-state index in [1.807, 2.05) is 17.8 Å². The summed E-state index contributed by atoms with van der Waals surface area (Å²) in [5.41, 5.74) is 0.622. The van der Waals surface area contributed by atoms with Gasteiger partial charge >= 0.3 is 0 Å². The predicted octanol–water partition coefficient (Wildman–Crippen LogP) is 1.64. The molecule has 0 aliphatic heterocycles. The lowest BCUT2D eigenvalue weighted by atomic mass is 10.2. The van der Waals surface area contributed by atoms with E-state index in [4.69, 9.17) is 0 Å². The van der Waals surface area contributed by atoms with Crippen LogP contribution in [0.5, 0.6) is 0 Å². The molecule has 1 aromatic carbocycles. The first-order valence-corrected chi connectivity index (χ1v) is 5.65. The summed E-state index contributed by atoms with van der Waals surface area (Å²) in [6, 6.07) is 7.07. The highest BCUT2D eigenvalue weighted by Crippen LogP contribution is 2.07. The van der Waals surface area contributed by atoms with Gasteiger partial charge in [0.2, 0.25) is 0 Å². The number of imidazole rings is 1. The molecule has 2 rings (SSSR count). The number of nitrogens with zero attached hydrogens (tertiary/aromatic N) is 2. The Labute approximate surface area is 105 Å². The van der Waals surface area contributed by atoms with E-state index in [0.717, 1.165) is 10.7 Å². The maximum atomic E-state index is 11.8. The van der Waals surface area contributed by atoms with Gasteiger partial charge in [0.25, 0.3) is 5.91 Å². The molecule has 0 aliphatic carbocycles. The predicted molar refractivity (Wildman–Crippen MR) is 68.1 cm³/mol. The number of aromatic nitrogens is 2. The van der Waals surface area contributed by atoms with E-state index in [0.29, 0.717) is 12.1 Å². The standard InChI is InChI=1S/C12H13N3OS/c1-15-7-6-13-11(15)8-14-12(16)9-2-4-10(17)5-3-9/h2-7,17H,8H2,1H3,(H,14,16). The van der Waals surface area contributed by atoms with Gasteiger partial charge in [-0.15, -0.1) is 12.6 Å². The van der Waals surface area contributed by atoms with Gasteiger partial charge in [0.05, 0.1) is 6.54 Å². The number of carbonyl (C=O) groups excluding carboxylic acids is 1. The minimum absolute atomic E-state index is 0.110. The fourth-order valence-electron chi connectivity index (χ4n) is 1.44. The molecule has 2 aromatic rings. The van der Waals surface area contributed by atoms with Gasteiger partial charge in [0.1, 0.15) is 5.82 Å². The Morgan fingerprint density at radius 1 is 1.41 bits per heavy atom. The summed E-state index contributed by atoms with van der Waals surface area (Å²) in [4.78, 5) is 16.8. The van der Waals surface area contributed by atoms with Crippen molar-refractivity contribution in [2.75, 3.05) is 0 Å². The fourth-order valence-corrected chi connectivity index (χ4v) is 1.59. The molecule has 0 saturated carbocycles. The molecular weight excluding hydrogens is 234 g/mol. The summed E-state index contributed by atoms with van der Waals surface area (Å²) in [6.45, 7) is 0.422. The van der Waals surface area contributed by atoms with Crippen molar-refractivity contribution < 1.29 is 4.79 Å². The normalized spacial score (nSPS) is 10.2. The minimum Gasteiger partial charge on any atom is -0.345 e. The Morgan fingerprint density at radius 3 is 2.71 bits per heavy atom. The second-order valence-corrected chi connectivity index (χ2v) is 4.20. The molecule has 1 amide bonds. The van der Waals surface area contributed by atoms with Crippen LogP contribution in [0.1, 0.15) is 16.2 Å². The van der Waals surface area contributed by atoms with Crippen LogP contribution >= 0.6 is 12.6 Å². The topological polar surface area (TPSA) is 46.9 Å². The van der Waals surface area contributed by atoms with E-state index in [1.165, 1.54) is 0 Å². The van der Waals surface area contributed by atoms with Gasteiger partial charge in [-0.25, -0.2) is 4.98 Å². The summed E-state index contributed by atoms with van der Waals surface area (Å²) in [6.07, 6.45) is 3.55. The first-order valence-electron chi connectivity index (χ1n) is 5.20. The third-order valence-corrected chi connectivity index (χ3v) is 2.76. The van der Waals surface area contributed by atoms with Crippen molar-refractivity contribution in [1.82, 2.24) is 14.9 Å². The number of carbonyl (C=O) groups is 1.